The molecule has 1 amide bonds. The average Bonchev–Trinajstić information content (AvgIpc) is 3.35. The van der Waals surface area contributed by atoms with E-state index < -0.39 is 0 Å². The van der Waals surface area contributed by atoms with Gasteiger partial charge >= 0.3 is 0 Å². The zero-order valence-corrected chi connectivity index (χ0v) is 18.6. The summed E-state index contributed by atoms with van der Waals surface area (Å²) in [6.45, 7) is 5.07. The van der Waals surface area contributed by atoms with Crippen molar-refractivity contribution in [2.24, 2.45) is 0 Å². The van der Waals surface area contributed by atoms with Crippen LogP contribution < -0.4 is 10.2 Å². The first-order valence-corrected chi connectivity index (χ1v) is 11.6. The van der Waals surface area contributed by atoms with Gasteiger partial charge in [0.1, 0.15) is 5.82 Å². The van der Waals surface area contributed by atoms with Crippen LogP contribution in [0.1, 0.15) is 36.7 Å². The lowest BCUT2D eigenvalue weighted by Gasteiger charge is -2.28. The highest BCUT2D eigenvalue weighted by atomic mass is 79.9. The Bertz CT molecular complexity index is 998. The molecule has 0 unspecified atom stereocenters. The van der Waals surface area contributed by atoms with Crippen molar-refractivity contribution >= 4 is 50.5 Å². The molecule has 4 rings (SSSR count). The molecule has 1 N–H and O–H groups in total. The smallest absolute Gasteiger partial charge is 0.287 e. The van der Waals surface area contributed by atoms with Crippen LogP contribution in [0.2, 0.25) is 0 Å². The standard InChI is InChI=1S/C19H23BrN6O2S/c1-2-29-19-23-16(25-9-4-3-5-10-25)13-12-22-26(17(13)24-19)11-8-21-18(27)14-6-7-15(20)28-14/h6-7,12H,2-5,8-11H2,1H3,(H,21,27). The van der Waals surface area contributed by atoms with Gasteiger partial charge in [-0.15, -0.1) is 0 Å². The summed E-state index contributed by atoms with van der Waals surface area (Å²) in [5.41, 5.74) is 0.812. The molecule has 0 bridgehead atoms. The Morgan fingerprint density at radius 2 is 2.10 bits per heavy atom. The summed E-state index contributed by atoms with van der Waals surface area (Å²) in [5, 5.41) is 9.12. The third-order valence-corrected chi connectivity index (χ3v) is 5.95. The van der Waals surface area contributed by atoms with E-state index in [1.807, 2.05) is 10.9 Å². The third-order valence-electron chi connectivity index (χ3n) is 4.79. The lowest BCUT2D eigenvalue weighted by Crippen LogP contribution is -2.30. The highest BCUT2D eigenvalue weighted by molar-refractivity contribution is 9.10. The first-order valence-electron chi connectivity index (χ1n) is 9.80. The number of aromatic nitrogens is 4. The van der Waals surface area contributed by atoms with Gasteiger partial charge in [-0.1, -0.05) is 18.7 Å². The van der Waals surface area contributed by atoms with Gasteiger partial charge in [0.2, 0.25) is 0 Å². The maximum absolute atomic E-state index is 12.2. The first-order chi connectivity index (χ1) is 14.2. The Morgan fingerprint density at radius 3 is 2.83 bits per heavy atom. The SMILES string of the molecule is CCSc1nc(N2CCCCC2)c2cnn(CCNC(=O)c3ccc(Br)o3)c2n1. The number of nitrogens with zero attached hydrogens (tertiary/aromatic N) is 5. The van der Waals surface area contributed by atoms with Crippen molar-refractivity contribution in [3.63, 3.8) is 0 Å². The number of carbonyl (C=O) groups excluding carboxylic acids is 1. The maximum atomic E-state index is 12.2. The number of thioether (sulfide) groups is 1. The third kappa shape index (κ3) is 4.58. The van der Waals surface area contributed by atoms with Gasteiger partial charge in [0, 0.05) is 19.6 Å². The summed E-state index contributed by atoms with van der Waals surface area (Å²) in [4.78, 5) is 24.0. The summed E-state index contributed by atoms with van der Waals surface area (Å²) in [5.74, 6) is 1.91. The number of rotatable bonds is 7. The quantitative estimate of drug-likeness (QED) is 0.408. The van der Waals surface area contributed by atoms with Gasteiger partial charge in [-0.2, -0.15) is 5.10 Å². The molecular formula is C19H23BrN6O2S. The molecule has 4 heterocycles. The fourth-order valence-corrected chi connectivity index (χ4v) is 4.29. The molecule has 0 saturated carbocycles. The van der Waals surface area contributed by atoms with Crippen LogP contribution in [0.25, 0.3) is 11.0 Å². The van der Waals surface area contributed by atoms with E-state index in [-0.39, 0.29) is 11.7 Å². The molecular weight excluding hydrogens is 456 g/mol. The number of hydrogen-bond donors (Lipinski definition) is 1. The molecule has 1 fully saturated rings. The van der Waals surface area contributed by atoms with Gasteiger partial charge < -0.3 is 14.6 Å². The number of anilines is 1. The van der Waals surface area contributed by atoms with E-state index >= 15 is 0 Å². The molecule has 0 atom stereocenters. The van der Waals surface area contributed by atoms with Crippen molar-refractivity contribution in [1.29, 1.82) is 0 Å². The Balaban J connectivity index is 1.53. The molecule has 0 radical (unpaired) electrons. The fraction of sp³-hybridized carbons (Fsp3) is 0.474. The molecule has 0 aliphatic carbocycles. The molecule has 3 aromatic rings. The molecule has 0 spiro atoms. The van der Waals surface area contributed by atoms with Gasteiger partial charge in [0.25, 0.3) is 5.91 Å². The maximum Gasteiger partial charge on any atom is 0.287 e. The van der Waals surface area contributed by atoms with Crippen LogP contribution in [0.5, 0.6) is 0 Å². The number of hydrogen-bond acceptors (Lipinski definition) is 7. The Hall–Kier alpha value is -2.07. The highest BCUT2D eigenvalue weighted by Gasteiger charge is 2.20. The van der Waals surface area contributed by atoms with Crippen LogP contribution in [-0.4, -0.2) is 51.0 Å². The molecule has 0 aromatic carbocycles. The molecule has 8 nitrogen and oxygen atoms in total. The van der Waals surface area contributed by atoms with Crippen molar-refractivity contribution in [2.75, 3.05) is 30.3 Å². The Morgan fingerprint density at radius 1 is 1.28 bits per heavy atom. The Kier molecular flexibility index (Phi) is 6.39. The molecule has 3 aromatic heterocycles. The van der Waals surface area contributed by atoms with E-state index in [2.05, 4.69) is 38.2 Å². The predicted molar refractivity (Wildman–Crippen MR) is 117 cm³/mol. The first kappa shape index (κ1) is 20.2. The lowest BCUT2D eigenvalue weighted by molar-refractivity contribution is 0.0923. The van der Waals surface area contributed by atoms with Gasteiger partial charge in [-0.25, -0.2) is 14.6 Å². The summed E-state index contributed by atoms with van der Waals surface area (Å²) in [6, 6.07) is 3.33. The predicted octanol–water partition coefficient (Wildman–Crippen LogP) is 3.71. The average molecular weight is 479 g/mol. The number of amides is 1. The number of fused-ring (bicyclic) bond motifs is 1. The van der Waals surface area contributed by atoms with Gasteiger partial charge in [0.15, 0.2) is 21.2 Å². The molecule has 154 valence electrons. The zero-order chi connectivity index (χ0) is 20.2. The van der Waals surface area contributed by atoms with E-state index in [0.29, 0.717) is 17.8 Å². The summed E-state index contributed by atoms with van der Waals surface area (Å²) in [6.07, 6.45) is 5.48. The second-order valence-electron chi connectivity index (χ2n) is 6.78. The largest absolute Gasteiger partial charge is 0.444 e. The van der Waals surface area contributed by atoms with Crippen LogP contribution in [0, 0.1) is 0 Å². The molecule has 1 aliphatic rings. The van der Waals surface area contributed by atoms with Crippen molar-refractivity contribution in [3.05, 3.63) is 28.8 Å². The normalized spacial score (nSPS) is 14.5. The minimum absolute atomic E-state index is 0.252. The van der Waals surface area contributed by atoms with Crippen molar-refractivity contribution in [2.45, 2.75) is 37.9 Å². The van der Waals surface area contributed by atoms with Crippen molar-refractivity contribution in [3.8, 4) is 0 Å². The number of carbonyl (C=O) groups is 1. The van der Waals surface area contributed by atoms with Gasteiger partial charge in [-0.3, -0.25) is 4.79 Å². The van der Waals surface area contributed by atoms with Crippen LogP contribution in [0.15, 0.2) is 32.6 Å². The number of furan rings is 1. The monoisotopic (exact) mass is 478 g/mol. The molecule has 29 heavy (non-hydrogen) atoms. The minimum atomic E-state index is -0.252. The van der Waals surface area contributed by atoms with Gasteiger partial charge in [0.05, 0.1) is 18.1 Å². The Labute approximate surface area is 181 Å². The number of halogens is 1. The second kappa shape index (κ2) is 9.17. The number of piperidine rings is 1. The van der Waals surface area contributed by atoms with Crippen LogP contribution in [-0.2, 0) is 6.54 Å². The molecule has 1 aliphatic heterocycles. The zero-order valence-electron chi connectivity index (χ0n) is 16.2. The summed E-state index contributed by atoms with van der Waals surface area (Å²) >= 11 is 4.84. The van der Waals surface area contributed by atoms with E-state index in [0.717, 1.165) is 40.9 Å². The van der Waals surface area contributed by atoms with Crippen LogP contribution in [0.4, 0.5) is 5.82 Å². The van der Waals surface area contributed by atoms with Crippen LogP contribution in [0.3, 0.4) is 0 Å². The van der Waals surface area contributed by atoms with E-state index in [1.54, 1.807) is 23.9 Å². The summed E-state index contributed by atoms with van der Waals surface area (Å²) in [7, 11) is 0. The fourth-order valence-electron chi connectivity index (χ4n) is 3.42. The molecule has 10 heteroatoms. The summed E-state index contributed by atoms with van der Waals surface area (Å²) < 4.78 is 7.65. The van der Waals surface area contributed by atoms with Crippen molar-refractivity contribution in [1.82, 2.24) is 25.1 Å². The van der Waals surface area contributed by atoms with Gasteiger partial charge in [-0.05, 0) is 53.1 Å². The topological polar surface area (TPSA) is 89.1 Å². The number of nitrogens with one attached hydrogen (secondary N) is 1. The molecule has 1 saturated heterocycles. The highest BCUT2D eigenvalue weighted by Crippen LogP contribution is 2.29. The lowest BCUT2D eigenvalue weighted by atomic mass is 10.1. The van der Waals surface area contributed by atoms with Crippen LogP contribution >= 0.6 is 27.7 Å². The van der Waals surface area contributed by atoms with E-state index in [9.17, 15) is 4.79 Å². The van der Waals surface area contributed by atoms with E-state index in [1.165, 1.54) is 19.3 Å². The van der Waals surface area contributed by atoms with Crippen molar-refractivity contribution < 1.29 is 9.21 Å². The second-order valence-corrected chi connectivity index (χ2v) is 8.79. The van der Waals surface area contributed by atoms with E-state index in [4.69, 9.17) is 14.4 Å². The minimum Gasteiger partial charge on any atom is -0.444 e.